The summed E-state index contributed by atoms with van der Waals surface area (Å²) in [7, 11) is 0. The molecule has 0 amide bonds. The van der Waals surface area contributed by atoms with Crippen LogP contribution in [-0.2, 0) is 16.0 Å². The molecule has 8 heteroatoms. The minimum atomic E-state index is -1.27. The summed E-state index contributed by atoms with van der Waals surface area (Å²) in [5, 5.41) is 12.5. The fourth-order valence-electron chi connectivity index (χ4n) is 1.71. The molecule has 19 heavy (non-hydrogen) atoms. The number of carboxylic acid groups (broad SMARTS) is 1. The smallest absolute Gasteiger partial charge is 0.357 e. The molecule has 2 aromatic heterocycles. The van der Waals surface area contributed by atoms with Crippen LogP contribution in [0.2, 0.25) is 0 Å². The van der Waals surface area contributed by atoms with Crippen molar-refractivity contribution >= 4 is 28.2 Å². The van der Waals surface area contributed by atoms with Crippen molar-refractivity contribution in [2.45, 2.75) is 19.4 Å². The van der Waals surface area contributed by atoms with Crippen molar-refractivity contribution in [2.24, 2.45) is 0 Å². The number of rotatable bonds is 5. The number of aliphatic carboxylic acids is 1. The van der Waals surface area contributed by atoms with Gasteiger partial charge in [-0.3, -0.25) is 4.40 Å². The predicted molar refractivity (Wildman–Crippen MR) is 64.4 cm³/mol. The van der Waals surface area contributed by atoms with Gasteiger partial charge in [0, 0.05) is 11.6 Å². The molecule has 2 aromatic rings. The van der Waals surface area contributed by atoms with Crippen molar-refractivity contribution < 1.29 is 25.2 Å². The number of hydrogen-bond donors (Lipinski definition) is 1. The fraction of sp³-hybridized carbons (Fsp3) is 0.364. The average Bonchev–Trinajstić information content (AvgIpc) is 2.88. The summed E-state index contributed by atoms with van der Waals surface area (Å²) in [4.78, 5) is 27.5. The normalized spacial score (nSPS) is 12.5. The third kappa shape index (κ3) is 2.59. The van der Waals surface area contributed by atoms with Gasteiger partial charge in [0.05, 0.1) is 24.7 Å². The van der Waals surface area contributed by atoms with Gasteiger partial charge in [0.1, 0.15) is 6.04 Å². The molecule has 1 unspecified atom stereocenters. The van der Waals surface area contributed by atoms with Crippen LogP contribution in [0.1, 0.15) is 23.1 Å². The molecule has 2 rings (SSSR count). The van der Waals surface area contributed by atoms with E-state index in [1.807, 2.05) is 0 Å². The highest BCUT2D eigenvalue weighted by Crippen LogP contribution is 2.19. The average molecular weight is 283 g/mol. The summed E-state index contributed by atoms with van der Waals surface area (Å²) in [5.74, 6) is -1.79. The number of aromatic nitrogens is 2. The molecule has 7 nitrogen and oxygen atoms in total. The van der Waals surface area contributed by atoms with Crippen LogP contribution >= 0.6 is 11.3 Å². The van der Waals surface area contributed by atoms with E-state index in [1.54, 1.807) is 22.9 Å². The lowest BCUT2D eigenvalue weighted by Crippen LogP contribution is -2.69. The zero-order valence-corrected chi connectivity index (χ0v) is 11.1. The summed E-state index contributed by atoms with van der Waals surface area (Å²) in [6, 6.07) is -0.960. The lowest BCUT2D eigenvalue weighted by atomic mass is 10.1. The molecule has 0 bridgehead atoms. The number of fused-ring (bicyclic) bond motifs is 1. The Morgan fingerprint density at radius 2 is 2.37 bits per heavy atom. The van der Waals surface area contributed by atoms with Crippen LogP contribution in [0.4, 0.5) is 0 Å². The number of thiazole rings is 1. The third-order valence-corrected chi connectivity index (χ3v) is 3.33. The van der Waals surface area contributed by atoms with Gasteiger partial charge in [-0.05, 0) is 6.92 Å². The first-order valence-electron chi connectivity index (χ1n) is 5.70. The number of quaternary nitrogens is 1. The van der Waals surface area contributed by atoms with Crippen LogP contribution in [0.15, 0.2) is 11.6 Å². The van der Waals surface area contributed by atoms with Crippen LogP contribution in [-0.4, -0.2) is 34.0 Å². The molecule has 2 heterocycles. The van der Waals surface area contributed by atoms with E-state index in [2.05, 4.69) is 10.7 Å². The van der Waals surface area contributed by atoms with E-state index in [9.17, 15) is 14.7 Å². The number of imidazole rings is 1. The zero-order chi connectivity index (χ0) is 14.0. The standard InChI is InChI=1S/C11H13N3O4S/c1-2-18-10(17)8-7(5-6(12)9(15)16)13-11-14(8)3-4-19-11/h3-4,6H,2,5,12H2,1H3,(H,15,16). The topological polar surface area (TPSA) is 111 Å². The molecule has 0 radical (unpaired) electrons. The molecule has 102 valence electrons. The molecule has 0 aliphatic rings. The molecule has 1 atom stereocenters. The Morgan fingerprint density at radius 3 is 3.00 bits per heavy atom. The van der Waals surface area contributed by atoms with E-state index >= 15 is 0 Å². The summed E-state index contributed by atoms with van der Waals surface area (Å²) >= 11 is 1.35. The fourth-order valence-corrected chi connectivity index (χ4v) is 2.44. The molecule has 0 spiro atoms. The van der Waals surface area contributed by atoms with Crippen molar-refractivity contribution in [1.82, 2.24) is 9.38 Å². The molecule has 0 aliphatic carbocycles. The number of nitrogens with zero attached hydrogens (tertiary/aromatic N) is 2. The Morgan fingerprint density at radius 1 is 1.63 bits per heavy atom. The summed E-state index contributed by atoms with van der Waals surface area (Å²) in [6.45, 7) is 1.94. The first kappa shape index (κ1) is 13.5. The second-order valence-electron chi connectivity index (χ2n) is 3.90. The van der Waals surface area contributed by atoms with Gasteiger partial charge < -0.3 is 20.4 Å². The van der Waals surface area contributed by atoms with Crippen molar-refractivity contribution in [3.63, 3.8) is 0 Å². The number of hydrogen-bond acceptors (Lipinski definition) is 6. The van der Waals surface area contributed by atoms with E-state index in [4.69, 9.17) is 4.74 Å². The molecule has 3 N–H and O–H groups in total. The first-order valence-corrected chi connectivity index (χ1v) is 6.58. The van der Waals surface area contributed by atoms with Gasteiger partial charge in [0.25, 0.3) is 0 Å². The number of carbonyl (C=O) groups excluding carboxylic acids is 2. The third-order valence-electron chi connectivity index (χ3n) is 2.58. The monoisotopic (exact) mass is 283 g/mol. The molecule has 0 saturated carbocycles. The Hall–Kier alpha value is -1.93. The van der Waals surface area contributed by atoms with E-state index < -0.39 is 18.0 Å². The maximum absolute atomic E-state index is 11.9. The molecule has 0 saturated heterocycles. The van der Waals surface area contributed by atoms with Gasteiger partial charge >= 0.3 is 5.97 Å². The van der Waals surface area contributed by atoms with Crippen molar-refractivity contribution in [3.05, 3.63) is 23.0 Å². The molecule has 0 aromatic carbocycles. The predicted octanol–water partition coefficient (Wildman–Crippen LogP) is -1.52. The number of ether oxygens (including phenoxy) is 1. The van der Waals surface area contributed by atoms with Gasteiger partial charge in [0.2, 0.25) is 0 Å². The van der Waals surface area contributed by atoms with Crippen LogP contribution in [0.5, 0.6) is 0 Å². The van der Waals surface area contributed by atoms with Gasteiger partial charge in [-0.2, -0.15) is 0 Å². The molecular formula is C11H13N3O4S. The van der Waals surface area contributed by atoms with E-state index in [0.717, 1.165) is 0 Å². The highest BCUT2D eigenvalue weighted by Gasteiger charge is 2.23. The lowest BCUT2D eigenvalue weighted by molar-refractivity contribution is -0.437. The molecule has 0 aliphatic heterocycles. The summed E-state index contributed by atoms with van der Waals surface area (Å²) in [5.41, 5.74) is 4.10. The highest BCUT2D eigenvalue weighted by atomic mass is 32.1. The van der Waals surface area contributed by atoms with E-state index in [-0.39, 0.29) is 18.7 Å². The maximum Gasteiger partial charge on any atom is 0.357 e. The Bertz CT molecular complexity index is 619. The largest absolute Gasteiger partial charge is 0.544 e. The van der Waals surface area contributed by atoms with E-state index in [0.29, 0.717) is 10.7 Å². The van der Waals surface area contributed by atoms with Gasteiger partial charge in [-0.15, -0.1) is 11.3 Å². The van der Waals surface area contributed by atoms with Crippen molar-refractivity contribution in [2.75, 3.05) is 6.61 Å². The zero-order valence-electron chi connectivity index (χ0n) is 10.3. The van der Waals surface area contributed by atoms with Gasteiger partial charge in [-0.1, -0.05) is 0 Å². The summed E-state index contributed by atoms with van der Waals surface area (Å²) < 4.78 is 6.57. The van der Waals surface area contributed by atoms with Crippen LogP contribution in [0, 0.1) is 0 Å². The lowest BCUT2D eigenvalue weighted by Gasteiger charge is -2.08. The minimum absolute atomic E-state index is 0.0326. The minimum Gasteiger partial charge on any atom is -0.544 e. The van der Waals surface area contributed by atoms with Crippen molar-refractivity contribution in [3.8, 4) is 0 Å². The molecular weight excluding hydrogens is 270 g/mol. The van der Waals surface area contributed by atoms with Gasteiger partial charge in [0.15, 0.2) is 10.7 Å². The number of esters is 1. The quantitative estimate of drug-likeness (QED) is 0.669. The number of carbonyl (C=O) groups is 2. The first-order chi connectivity index (χ1) is 9.04. The summed E-state index contributed by atoms with van der Waals surface area (Å²) in [6.07, 6.45) is 1.73. The number of carboxylic acids is 1. The van der Waals surface area contributed by atoms with Crippen LogP contribution in [0.25, 0.3) is 4.96 Å². The SMILES string of the molecule is CCOC(=O)c1c(CC([NH3+])C(=O)[O-])nc2sccn12. The van der Waals surface area contributed by atoms with Crippen LogP contribution < -0.4 is 10.8 Å². The van der Waals surface area contributed by atoms with Crippen LogP contribution in [0.3, 0.4) is 0 Å². The van der Waals surface area contributed by atoms with Gasteiger partial charge in [-0.25, -0.2) is 9.78 Å². The Labute approximate surface area is 112 Å². The maximum atomic E-state index is 11.9. The van der Waals surface area contributed by atoms with Crippen molar-refractivity contribution in [1.29, 1.82) is 0 Å². The second-order valence-corrected chi connectivity index (χ2v) is 4.78. The highest BCUT2D eigenvalue weighted by molar-refractivity contribution is 7.15. The second kappa shape index (κ2) is 5.37. The Kier molecular flexibility index (Phi) is 3.82. The Balaban J connectivity index is 2.41. The molecule has 0 fully saturated rings. The van der Waals surface area contributed by atoms with E-state index in [1.165, 1.54) is 11.3 Å².